The van der Waals surface area contributed by atoms with Gasteiger partial charge in [0.1, 0.15) is 0 Å². The molecule has 0 spiro atoms. The third-order valence-electron chi connectivity index (χ3n) is 4.69. The molecule has 0 aliphatic carbocycles. The fourth-order valence-corrected chi connectivity index (χ4v) is 2.99. The molecule has 0 heterocycles. The molecule has 0 amide bonds. The Bertz CT molecular complexity index is 769. The quantitative estimate of drug-likeness (QED) is 0.383. The first-order chi connectivity index (χ1) is 12.6. The Morgan fingerprint density at radius 2 is 0.593 bits per heavy atom. The van der Waals surface area contributed by atoms with E-state index in [2.05, 4.69) is 117 Å². The van der Waals surface area contributed by atoms with E-state index in [4.69, 9.17) is 0 Å². The first kappa shape index (κ1) is 22.7. The maximum absolute atomic E-state index is 2.20. The molecular formula is C27H36. The van der Waals surface area contributed by atoms with Crippen LogP contribution in [0.25, 0.3) is 0 Å². The van der Waals surface area contributed by atoms with E-state index in [-0.39, 0.29) is 0 Å². The third kappa shape index (κ3) is 8.73. The van der Waals surface area contributed by atoms with Crippen molar-refractivity contribution in [2.45, 2.75) is 62.3 Å². The monoisotopic (exact) mass is 360 g/mol. The molecule has 27 heavy (non-hydrogen) atoms. The second kappa shape index (κ2) is 10.7. The molecule has 144 valence electrons. The minimum absolute atomic E-state index is 1.35. The van der Waals surface area contributed by atoms with Crippen molar-refractivity contribution in [3.8, 4) is 0 Å². The van der Waals surface area contributed by atoms with Crippen LogP contribution in [0.15, 0.2) is 54.6 Å². The second-order valence-corrected chi connectivity index (χ2v) is 7.84. The Hall–Kier alpha value is -2.34. The van der Waals surface area contributed by atoms with Gasteiger partial charge in [-0.05, 0) is 84.6 Å². The van der Waals surface area contributed by atoms with Crippen LogP contribution in [0.2, 0.25) is 0 Å². The van der Waals surface area contributed by atoms with Crippen LogP contribution in [0.1, 0.15) is 50.1 Å². The van der Waals surface area contributed by atoms with E-state index < -0.39 is 0 Å². The van der Waals surface area contributed by atoms with Crippen LogP contribution in [0.3, 0.4) is 0 Å². The third-order valence-corrected chi connectivity index (χ3v) is 4.69. The lowest BCUT2D eigenvalue weighted by Gasteiger charge is -1.98. The highest BCUT2D eigenvalue weighted by Gasteiger charge is 1.90. The van der Waals surface area contributed by atoms with Gasteiger partial charge in [0.05, 0.1) is 0 Å². The zero-order valence-electron chi connectivity index (χ0n) is 18.7. The van der Waals surface area contributed by atoms with Crippen LogP contribution in [-0.2, 0) is 0 Å². The maximum atomic E-state index is 2.20. The molecule has 0 saturated heterocycles. The molecule has 0 saturated carbocycles. The van der Waals surface area contributed by atoms with Crippen LogP contribution >= 0.6 is 0 Å². The predicted molar refractivity (Wildman–Crippen MR) is 122 cm³/mol. The van der Waals surface area contributed by atoms with Gasteiger partial charge in [0.2, 0.25) is 0 Å². The molecule has 0 unspecified atom stereocenters. The van der Waals surface area contributed by atoms with Crippen molar-refractivity contribution in [3.63, 3.8) is 0 Å². The summed E-state index contributed by atoms with van der Waals surface area (Å²) < 4.78 is 0. The molecule has 0 nitrogen and oxygen atoms in total. The number of rotatable bonds is 0. The lowest BCUT2D eigenvalue weighted by atomic mass is 10.1. The van der Waals surface area contributed by atoms with E-state index in [9.17, 15) is 0 Å². The summed E-state index contributed by atoms with van der Waals surface area (Å²) in [5.41, 5.74) is 12.3. The molecule has 0 aromatic heterocycles. The highest BCUT2D eigenvalue weighted by molar-refractivity contribution is 5.29. The van der Waals surface area contributed by atoms with Gasteiger partial charge in [-0.2, -0.15) is 0 Å². The highest BCUT2D eigenvalue weighted by Crippen LogP contribution is 2.08. The molecule has 0 bridgehead atoms. The van der Waals surface area contributed by atoms with Gasteiger partial charge in [0.25, 0.3) is 0 Å². The van der Waals surface area contributed by atoms with Gasteiger partial charge in [-0.3, -0.25) is 0 Å². The van der Waals surface area contributed by atoms with Crippen LogP contribution < -0.4 is 0 Å². The fourth-order valence-electron chi connectivity index (χ4n) is 2.99. The molecular weight excluding hydrogens is 324 g/mol. The van der Waals surface area contributed by atoms with Gasteiger partial charge in [0, 0.05) is 0 Å². The van der Waals surface area contributed by atoms with Crippen LogP contribution in [0.5, 0.6) is 0 Å². The zero-order chi connectivity index (χ0) is 20.6. The summed E-state index contributed by atoms with van der Waals surface area (Å²) in [5.74, 6) is 0. The van der Waals surface area contributed by atoms with E-state index in [1.54, 1.807) is 0 Å². The largest absolute Gasteiger partial charge is 0.0590 e. The Morgan fingerprint density at radius 3 is 0.815 bits per heavy atom. The first-order valence-electron chi connectivity index (χ1n) is 9.71. The Morgan fingerprint density at radius 1 is 0.296 bits per heavy atom. The van der Waals surface area contributed by atoms with Crippen molar-refractivity contribution >= 4 is 0 Å². The molecule has 3 aromatic rings. The zero-order valence-corrected chi connectivity index (χ0v) is 18.7. The lowest BCUT2D eigenvalue weighted by molar-refractivity contribution is 1.30. The van der Waals surface area contributed by atoms with Crippen molar-refractivity contribution in [1.82, 2.24) is 0 Å². The highest BCUT2D eigenvalue weighted by atomic mass is 14.0. The SMILES string of the molecule is Cc1cc(C)cc(C)c1.Cc1ccc(C)c(C)c1.Cc1ccc(C)c(C)c1. The minimum atomic E-state index is 1.35. The number of aryl methyl sites for hydroxylation is 9. The Labute approximate surface area is 167 Å². The molecule has 0 radical (unpaired) electrons. The summed E-state index contributed by atoms with van der Waals surface area (Å²) in [6, 6.07) is 19.6. The van der Waals surface area contributed by atoms with Gasteiger partial charge in [-0.15, -0.1) is 0 Å². The van der Waals surface area contributed by atoms with E-state index in [1.807, 2.05) is 0 Å². The van der Waals surface area contributed by atoms with Gasteiger partial charge < -0.3 is 0 Å². The van der Waals surface area contributed by atoms with E-state index in [0.29, 0.717) is 0 Å². The lowest BCUT2D eigenvalue weighted by Crippen LogP contribution is -1.79. The maximum Gasteiger partial charge on any atom is -0.0395 e. The molecule has 0 aliphatic heterocycles. The average Bonchev–Trinajstić information content (AvgIpc) is 2.55. The summed E-state index contributed by atoms with van der Waals surface area (Å²) in [7, 11) is 0. The minimum Gasteiger partial charge on any atom is -0.0590 e. The van der Waals surface area contributed by atoms with E-state index in [0.717, 1.165) is 0 Å². The molecule has 0 fully saturated rings. The summed E-state index contributed by atoms with van der Waals surface area (Å²) in [5, 5.41) is 0. The van der Waals surface area contributed by atoms with Crippen molar-refractivity contribution in [2.75, 3.05) is 0 Å². The Balaban J connectivity index is 0.000000202. The van der Waals surface area contributed by atoms with Gasteiger partial charge in [0.15, 0.2) is 0 Å². The van der Waals surface area contributed by atoms with Crippen LogP contribution in [0, 0.1) is 62.3 Å². The predicted octanol–water partition coefficient (Wildman–Crippen LogP) is 7.84. The molecule has 3 rings (SSSR count). The van der Waals surface area contributed by atoms with Gasteiger partial charge in [-0.1, -0.05) is 82.4 Å². The van der Waals surface area contributed by atoms with Crippen LogP contribution in [0.4, 0.5) is 0 Å². The summed E-state index contributed by atoms with van der Waals surface area (Å²) in [6.07, 6.45) is 0. The summed E-state index contributed by atoms with van der Waals surface area (Å²) in [6.45, 7) is 19.2. The Kier molecular flexibility index (Phi) is 9.02. The summed E-state index contributed by atoms with van der Waals surface area (Å²) >= 11 is 0. The second-order valence-electron chi connectivity index (χ2n) is 7.84. The topological polar surface area (TPSA) is 0 Å². The summed E-state index contributed by atoms with van der Waals surface area (Å²) in [4.78, 5) is 0. The molecule has 0 heteroatoms. The standard InChI is InChI=1S/3C9H12/c1-7-4-8(2)6-9(3)5-7;2*1-7-4-5-8(2)9(3)6-7/h3*4-6H,1-3H3. The molecule has 0 N–H and O–H groups in total. The van der Waals surface area contributed by atoms with Crippen molar-refractivity contribution < 1.29 is 0 Å². The number of benzene rings is 3. The first-order valence-corrected chi connectivity index (χ1v) is 9.71. The average molecular weight is 361 g/mol. The van der Waals surface area contributed by atoms with Crippen molar-refractivity contribution in [1.29, 1.82) is 0 Å². The molecule has 3 aromatic carbocycles. The smallest absolute Gasteiger partial charge is 0.0395 e. The van der Waals surface area contributed by atoms with Crippen molar-refractivity contribution in [3.05, 3.63) is 105 Å². The van der Waals surface area contributed by atoms with Gasteiger partial charge >= 0.3 is 0 Å². The number of hydrogen-bond donors (Lipinski definition) is 0. The number of hydrogen-bond acceptors (Lipinski definition) is 0. The van der Waals surface area contributed by atoms with E-state index in [1.165, 1.54) is 50.1 Å². The normalized spacial score (nSPS) is 9.67. The van der Waals surface area contributed by atoms with Crippen LogP contribution in [-0.4, -0.2) is 0 Å². The fraction of sp³-hybridized carbons (Fsp3) is 0.333. The van der Waals surface area contributed by atoms with Gasteiger partial charge in [-0.25, -0.2) is 0 Å². The molecule has 0 atom stereocenters. The van der Waals surface area contributed by atoms with Crippen molar-refractivity contribution in [2.24, 2.45) is 0 Å². The van der Waals surface area contributed by atoms with E-state index >= 15 is 0 Å². The molecule has 0 aliphatic rings.